The van der Waals surface area contributed by atoms with Crippen molar-refractivity contribution >= 4 is 6.29 Å². The molecule has 138 valence electrons. The average Bonchev–Trinajstić information content (AvgIpc) is 3.24. The number of aldehydes is 1. The molecule has 0 amide bonds. The zero-order chi connectivity index (χ0) is 17.6. The number of carbonyl (C=O) groups is 1. The monoisotopic (exact) mass is 346 g/mol. The Balaban J connectivity index is 1.60. The minimum atomic E-state index is 0.313. The van der Waals surface area contributed by atoms with E-state index in [9.17, 15) is 4.79 Å². The molecule has 5 nitrogen and oxygen atoms in total. The standard InChI is InChI=1S/C20H30N2O3/c1-3-4-8-21(2)9-7-18-12-17(14-22(18)10-11-23)16-5-6-19-20(13-16)25-15-24-19/h5-6,11,13,17-18H,3-4,7-10,12,14-15H2,1-2H3. The molecule has 2 unspecified atom stereocenters. The predicted octanol–water partition coefficient (Wildman–Crippen LogP) is 2.89. The number of likely N-dealkylation sites (tertiary alicyclic amines) is 1. The molecular formula is C20H30N2O3. The van der Waals surface area contributed by atoms with Crippen molar-refractivity contribution < 1.29 is 14.3 Å². The van der Waals surface area contributed by atoms with Crippen LogP contribution in [0, 0.1) is 0 Å². The van der Waals surface area contributed by atoms with Crippen molar-refractivity contribution in [3.8, 4) is 11.5 Å². The number of rotatable bonds is 9. The number of benzene rings is 1. The van der Waals surface area contributed by atoms with Crippen molar-refractivity contribution in [2.75, 3.05) is 40.0 Å². The first-order valence-electron chi connectivity index (χ1n) is 9.47. The molecule has 2 atom stereocenters. The van der Waals surface area contributed by atoms with Gasteiger partial charge in [-0.1, -0.05) is 19.4 Å². The predicted molar refractivity (Wildman–Crippen MR) is 98.4 cm³/mol. The molecule has 3 rings (SSSR count). The fraction of sp³-hybridized carbons (Fsp3) is 0.650. The summed E-state index contributed by atoms with van der Waals surface area (Å²) in [4.78, 5) is 15.9. The lowest BCUT2D eigenvalue weighted by atomic mass is 9.95. The Morgan fingerprint density at radius 1 is 1.28 bits per heavy atom. The van der Waals surface area contributed by atoms with Crippen LogP contribution < -0.4 is 9.47 Å². The summed E-state index contributed by atoms with van der Waals surface area (Å²) in [5.74, 6) is 2.14. The molecule has 0 aliphatic carbocycles. The van der Waals surface area contributed by atoms with Gasteiger partial charge in [-0.2, -0.15) is 0 Å². The van der Waals surface area contributed by atoms with E-state index in [4.69, 9.17) is 9.47 Å². The van der Waals surface area contributed by atoms with E-state index in [0.717, 1.165) is 50.3 Å². The van der Waals surface area contributed by atoms with Gasteiger partial charge in [0.25, 0.3) is 0 Å². The summed E-state index contributed by atoms with van der Waals surface area (Å²) in [6.45, 7) is 6.27. The van der Waals surface area contributed by atoms with E-state index in [1.54, 1.807) is 0 Å². The van der Waals surface area contributed by atoms with Crippen molar-refractivity contribution in [2.45, 2.75) is 44.6 Å². The van der Waals surface area contributed by atoms with Crippen LogP contribution in [0.5, 0.6) is 11.5 Å². The van der Waals surface area contributed by atoms with Gasteiger partial charge in [0.05, 0.1) is 6.54 Å². The Morgan fingerprint density at radius 3 is 2.92 bits per heavy atom. The molecule has 25 heavy (non-hydrogen) atoms. The van der Waals surface area contributed by atoms with E-state index >= 15 is 0 Å². The second-order valence-electron chi connectivity index (χ2n) is 7.27. The summed E-state index contributed by atoms with van der Waals surface area (Å²) in [5.41, 5.74) is 1.29. The van der Waals surface area contributed by atoms with Crippen LogP contribution in [0.25, 0.3) is 0 Å². The zero-order valence-electron chi connectivity index (χ0n) is 15.4. The van der Waals surface area contributed by atoms with E-state index < -0.39 is 0 Å². The van der Waals surface area contributed by atoms with Gasteiger partial charge in [0.1, 0.15) is 6.29 Å². The van der Waals surface area contributed by atoms with E-state index in [1.807, 2.05) is 6.07 Å². The van der Waals surface area contributed by atoms with Crippen LogP contribution in [0.3, 0.4) is 0 Å². The summed E-state index contributed by atoms with van der Waals surface area (Å²) in [6.07, 6.45) is 5.75. The molecular weight excluding hydrogens is 316 g/mol. The summed E-state index contributed by atoms with van der Waals surface area (Å²) in [6, 6.07) is 6.74. The minimum Gasteiger partial charge on any atom is -0.454 e. The van der Waals surface area contributed by atoms with Crippen molar-refractivity contribution in [2.24, 2.45) is 0 Å². The molecule has 5 heteroatoms. The van der Waals surface area contributed by atoms with Gasteiger partial charge in [0, 0.05) is 12.6 Å². The number of hydrogen-bond donors (Lipinski definition) is 0. The molecule has 0 N–H and O–H groups in total. The van der Waals surface area contributed by atoms with Crippen LogP contribution >= 0.6 is 0 Å². The fourth-order valence-corrected chi connectivity index (χ4v) is 3.92. The summed E-state index contributed by atoms with van der Waals surface area (Å²) >= 11 is 0. The van der Waals surface area contributed by atoms with E-state index in [2.05, 4.69) is 35.9 Å². The smallest absolute Gasteiger partial charge is 0.231 e. The van der Waals surface area contributed by atoms with Gasteiger partial charge >= 0.3 is 0 Å². The molecule has 0 bridgehead atoms. The maximum Gasteiger partial charge on any atom is 0.231 e. The first kappa shape index (κ1) is 18.2. The number of carbonyl (C=O) groups excluding carboxylic acids is 1. The lowest BCUT2D eigenvalue weighted by Gasteiger charge is -2.24. The van der Waals surface area contributed by atoms with Gasteiger partial charge in [-0.3, -0.25) is 4.90 Å². The Bertz CT molecular complexity index is 578. The molecule has 0 spiro atoms. The summed E-state index contributed by atoms with van der Waals surface area (Å²) < 4.78 is 10.9. The molecule has 1 fully saturated rings. The molecule has 2 aliphatic rings. The van der Waals surface area contributed by atoms with E-state index in [0.29, 0.717) is 25.3 Å². The molecule has 2 aliphatic heterocycles. The third-order valence-corrected chi connectivity index (χ3v) is 5.44. The maximum absolute atomic E-state index is 11.1. The fourth-order valence-electron chi connectivity index (χ4n) is 3.92. The normalized spacial score (nSPS) is 22.7. The maximum atomic E-state index is 11.1. The van der Waals surface area contributed by atoms with Gasteiger partial charge in [-0.05, 0) is 63.0 Å². The van der Waals surface area contributed by atoms with Gasteiger partial charge in [0.2, 0.25) is 6.79 Å². The van der Waals surface area contributed by atoms with Crippen LogP contribution in [-0.2, 0) is 4.79 Å². The molecule has 2 heterocycles. The lowest BCUT2D eigenvalue weighted by Crippen LogP contribution is -2.34. The van der Waals surface area contributed by atoms with Crippen LogP contribution in [0.15, 0.2) is 18.2 Å². The van der Waals surface area contributed by atoms with E-state index in [-0.39, 0.29) is 0 Å². The molecule has 0 radical (unpaired) electrons. The van der Waals surface area contributed by atoms with Gasteiger partial charge in [-0.25, -0.2) is 0 Å². The highest BCUT2D eigenvalue weighted by molar-refractivity contribution is 5.52. The highest BCUT2D eigenvalue weighted by Gasteiger charge is 2.33. The Hall–Kier alpha value is -1.59. The highest BCUT2D eigenvalue weighted by atomic mass is 16.7. The summed E-state index contributed by atoms with van der Waals surface area (Å²) in [5, 5.41) is 0. The van der Waals surface area contributed by atoms with Gasteiger partial charge in [0.15, 0.2) is 11.5 Å². The molecule has 1 aromatic carbocycles. The quantitative estimate of drug-likeness (QED) is 0.643. The van der Waals surface area contributed by atoms with Crippen LogP contribution in [-0.4, -0.2) is 62.1 Å². The number of ether oxygens (including phenoxy) is 2. The van der Waals surface area contributed by atoms with Crippen molar-refractivity contribution in [1.82, 2.24) is 9.80 Å². The number of nitrogens with zero attached hydrogens (tertiary/aromatic N) is 2. The number of hydrogen-bond acceptors (Lipinski definition) is 5. The van der Waals surface area contributed by atoms with Crippen LogP contribution in [0.1, 0.15) is 44.1 Å². The average molecular weight is 346 g/mol. The Labute approximate surface area is 150 Å². The Kier molecular flexibility index (Phi) is 6.32. The number of fused-ring (bicyclic) bond motifs is 1. The lowest BCUT2D eigenvalue weighted by molar-refractivity contribution is -0.109. The van der Waals surface area contributed by atoms with E-state index in [1.165, 1.54) is 18.4 Å². The van der Waals surface area contributed by atoms with Gasteiger partial charge < -0.3 is 19.2 Å². The molecule has 0 aromatic heterocycles. The third-order valence-electron chi connectivity index (χ3n) is 5.44. The highest BCUT2D eigenvalue weighted by Crippen LogP contribution is 2.39. The topological polar surface area (TPSA) is 42.0 Å². The second kappa shape index (κ2) is 8.68. The van der Waals surface area contributed by atoms with Crippen LogP contribution in [0.2, 0.25) is 0 Å². The first-order chi connectivity index (χ1) is 12.2. The second-order valence-corrected chi connectivity index (χ2v) is 7.27. The summed E-state index contributed by atoms with van der Waals surface area (Å²) in [7, 11) is 2.20. The Morgan fingerprint density at radius 2 is 2.12 bits per heavy atom. The SMILES string of the molecule is CCCCN(C)CCC1CC(c2ccc3c(c2)OCO3)CN1CC=O. The third kappa shape index (κ3) is 4.53. The molecule has 0 saturated carbocycles. The van der Waals surface area contributed by atoms with Gasteiger partial charge in [-0.15, -0.1) is 0 Å². The zero-order valence-corrected chi connectivity index (χ0v) is 15.4. The molecule has 1 aromatic rings. The van der Waals surface area contributed by atoms with Crippen molar-refractivity contribution in [1.29, 1.82) is 0 Å². The first-order valence-corrected chi connectivity index (χ1v) is 9.47. The minimum absolute atomic E-state index is 0.313. The van der Waals surface area contributed by atoms with Crippen molar-refractivity contribution in [3.05, 3.63) is 23.8 Å². The van der Waals surface area contributed by atoms with Crippen LogP contribution in [0.4, 0.5) is 0 Å². The number of unbranched alkanes of at least 4 members (excludes halogenated alkanes) is 1. The largest absolute Gasteiger partial charge is 0.454 e. The van der Waals surface area contributed by atoms with Crippen molar-refractivity contribution in [3.63, 3.8) is 0 Å². The molecule has 1 saturated heterocycles.